The van der Waals surface area contributed by atoms with E-state index in [1.165, 1.54) is 39.0 Å². The van der Waals surface area contributed by atoms with Gasteiger partial charge in [0, 0.05) is 12.0 Å². The summed E-state index contributed by atoms with van der Waals surface area (Å²) >= 11 is 0. The van der Waals surface area contributed by atoms with Gasteiger partial charge in [0.05, 0.1) is 12.8 Å². The number of Topliss-reactive ketones (excluding diaryl/α,β-unsaturated/α-hetero) is 1. The van der Waals surface area contributed by atoms with Crippen molar-refractivity contribution in [2.45, 2.75) is 51.9 Å². The molecule has 1 amide bonds. The molecule has 0 spiro atoms. The molecule has 1 aromatic rings. The summed E-state index contributed by atoms with van der Waals surface area (Å²) < 4.78 is 5.25. The largest absolute Gasteiger partial charge is 0.495 e. The Morgan fingerprint density at radius 2 is 1.95 bits per heavy atom. The summed E-state index contributed by atoms with van der Waals surface area (Å²) in [6.45, 7) is 1.51. The number of anilines is 1. The zero-order valence-corrected chi connectivity index (χ0v) is 13.5. The predicted molar refractivity (Wildman–Crippen MR) is 87.4 cm³/mol. The lowest BCUT2D eigenvalue weighted by atomic mass is 9.86. The number of hydrogen-bond acceptors (Lipinski definition) is 3. The minimum absolute atomic E-state index is 0.00965. The third kappa shape index (κ3) is 4.58. The van der Waals surface area contributed by atoms with Gasteiger partial charge in [-0.2, -0.15) is 0 Å². The first kappa shape index (κ1) is 16.5. The monoisotopic (exact) mass is 303 g/mol. The number of methoxy groups -OCH3 is 1. The summed E-state index contributed by atoms with van der Waals surface area (Å²) in [6, 6.07) is 5.10. The summed E-state index contributed by atoms with van der Waals surface area (Å²) in [6.07, 6.45) is 7.88. The van der Waals surface area contributed by atoms with Gasteiger partial charge in [-0.3, -0.25) is 9.59 Å². The van der Waals surface area contributed by atoms with Gasteiger partial charge in [-0.25, -0.2) is 0 Å². The van der Waals surface area contributed by atoms with Gasteiger partial charge >= 0.3 is 0 Å². The van der Waals surface area contributed by atoms with E-state index in [0.717, 1.165) is 6.42 Å². The van der Waals surface area contributed by atoms with Gasteiger partial charge in [0.15, 0.2) is 5.78 Å². The molecule has 0 unspecified atom stereocenters. The average molecular weight is 303 g/mol. The van der Waals surface area contributed by atoms with E-state index < -0.39 is 0 Å². The fourth-order valence-electron chi connectivity index (χ4n) is 3.05. The van der Waals surface area contributed by atoms with Gasteiger partial charge in [0.2, 0.25) is 5.91 Å². The highest BCUT2D eigenvalue weighted by molar-refractivity contribution is 5.98. The van der Waals surface area contributed by atoms with Crippen LogP contribution in [0.1, 0.15) is 62.2 Å². The fraction of sp³-hybridized carbons (Fsp3) is 0.556. The van der Waals surface area contributed by atoms with Gasteiger partial charge in [0.1, 0.15) is 5.75 Å². The van der Waals surface area contributed by atoms with Crippen molar-refractivity contribution in [3.05, 3.63) is 23.8 Å². The second-order valence-electron chi connectivity index (χ2n) is 6.06. The maximum absolute atomic E-state index is 12.2. The molecule has 4 nitrogen and oxygen atoms in total. The summed E-state index contributed by atoms with van der Waals surface area (Å²) in [5, 5.41) is 2.88. The molecule has 1 aliphatic carbocycles. The van der Waals surface area contributed by atoms with E-state index in [1.54, 1.807) is 25.3 Å². The van der Waals surface area contributed by atoms with Gasteiger partial charge in [-0.1, -0.05) is 32.1 Å². The molecule has 0 atom stereocenters. The molecule has 4 heteroatoms. The lowest BCUT2D eigenvalue weighted by Gasteiger charge is -2.21. The van der Waals surface area contributed by atoms with Crippen LogP contribution in [0.5, 0.6) is 5.75 Å². The molecule has 120 valence electrons. The summed E-state index contributed by atoms with van der Waals surface area (Å²) in [5.74, 6) is 1.23. The smallest absolute Gasteiger partial charge is 0.224 e. The van der Waals surface area contributed by atoms with Crippen molar-refractivity contribution in [2.24, 2.45) is 5.92 Å². The summed E-state index contributed by atoms with van der Waals surface area (Å²) in [5.41, 5.74) is 1.15. The molecule has 1 aliphatic rings. The normalized spacial score (nSPS) is 15.4. The molecule has 0 bridgehead atoms. The zero-order chi connectivity index (χ0) is 15.9. The second kappa shape index (κ2) is 7.97. The van der Waals surface area contributed by atoms with E-state index in [9.17, 15) is 9.59 Å². The number of amides is 1. The minimum atomic E-state index is -0.0274. The highest BCUT2D eigenvalue weighted by Crippen LogP contribution is 2.29. The highest BCUT2D eigenvalue weighted by Gasteiger charge is 2.16. The van der Waals surface area contributed by atoms with E-state index in [-0.39, 0.29) is 11.7 Å². The van der Waals surface area contributed by atoms with Gasteiger partial charge in [-0.15, -0.1) is 0 Å². The Balaban J connectivity index is 1.94. The van der Waals surface area contributed by atoms with Crippen molar-refractivity contribution in [2.75, 3.05) is 12.4 Å². The van der Waals surface area contributed by atoms with Crippen molar-refractivity contribution < 1.29 is 14.3 Å². The Morgan fingerprint density at radius 1 is 1.23 bits per heavy atom. The Hall–Kier alpha value is -1.84. The zero-order valence-electron chi connectivity index (χ0n) is 13.5. The Bertz CT molecular complexity index is 533. The van der Waals surface area contributed by atoms with Crippen molar-refractivity contribution in [3.63, 3.8) is 0 Å². The molecule has 1 N–H and O–H groups in total. The number of carbonyl (C=O) groups excluding carboxylic acids is 2. The lowest BCUT2D eigenvalue weighted by molar-refractivity contribution is -0.116. The minimum Gasteiger partial charge on any atom is -0.495 e. The van der Waals surface area contributed by atoms with Crippen LogP contribution in [0.3, 0.4) is 0 Å². The number of ether oxygens (including phenoxy) is 1. The highest BCUT2D eigenvalue weighted by atomic mass is 16.5. The quantitative estimate of drug-likeness (QED) is 0.801. The molecule has 0 aromatic heterocycles. The van der Waals surface area contributed by atoms with Crippen LogP contribution in [0.4, 0.5) is 5.69 Å². The molecule has 22 heavy (non-hydrogen) atoms. The van der Waals surface area contributed by atoms with E-state index in [0.29, 0.717) is 29.3 Å². The first-order valence-corrected chi connectivity index (χ1v) is 8.09. The van der Waals surface area contributed by atoms with Crippen LogP contribution >= 0.6 is 0 Å². The summed E-state index contributed by atoms with van der Waals surface area (Å²) in [4.78, 5) is 23.6. The Morgan fingerprint density at radius 3 is 2.59 bits per heavy atom. The average Bonchev–Trinajstić information content (AvgIpc) is 2.53. The van der Waals surface area contributed by atoms with E-state index in [4.69, 9.17) is 4.74 Å². The fourth-order valence-corrected chi connectivity index (χ4v) is 3.05. The van der Waals surface area contributed by atoms with Crippen LogP contribution in [-0.2, 0) is 4.79 Å². The number of hydrogen-bond donors (Lipinski definition) is 1. The number of carbonyl (C=O) groups is 2. The van der Waals surface area contributed by atoms with Gasteiger partial charge < -0.3 is 10.1 Å². The molecule has 0 saturated heterocycles. The van der Waals surface area contributed by atoms with Gasteiger partial charge in [0.25, 0.3) is 0 Å². The predicted octanol–water partition coefficient (Wildman–Crippen LogP) is 4.20. The topological polar surface area (TPSA) is 55.4 Å². The lowest BCUT2D eigenvalue weighted by Crippen LogP contribution is -2.15. The number of ketones is 1. The maximum Gasteiger partial charge on any atom is 0.224 e. The van der Waals surface area contributed by atoms with Crippen molar-refractivity contribution in [1.82, 2.24) is 0 Å². The number of rotatable bonds is 6. The van der Waals surface area contributed by atoms with Crippen molar-refractivity contribution in [1.29, 1.82) is 0 Å². The number of nitrogens with one attached hydrogen (secondary N) is 1. The van der Waals surface area contributed by atoms with Crippen LogP contribution < -0.4 is 10.1 Å². The molecule has 1 saturated carbocycles. The SMILES string of the molecule is COc1ccc(C(C)=O)cc1NC(=O)CCC1CCCCC1. The second-order valence-corrected chi connectivity index (χ2v) is 6.06. The van der Waals surface area contributed by atoms with E-state index in [2.05, 4.69) is 5.32 Å². The molecule has 1 aromatic carbocycles. The van der Waals surface area contributed by atoms with Crippen LogP contribution in [0.25, 0.3) is 0 Å². The third-order valence-electron chi connectivity index (χ3n) is 4.38. The molecular formula is C18H25NO3. The van der Waals surface area contributed by atoms with E-state index in [1.807, 2.05) is 0 Å². The molecule has 1 fully saturated rings. The van der Waals surface area contributed by atoms with Crippen molar-refractivity contribution in [3.8, 4) is 5.75 Å². The first-order valence-electron chi connectivity index (χ1n) is 8.09. The maximum atomic E-state index is 12.2. The van der Waals surface area contributed by atoms with Gasteiger partial charge in [-0.05, 0) is 37.5 Å². The molecule has 0 heterocycles. The molecule has 0 aliphatic heterocycles. The van der Waals surface area contributed by atoms with Crippen LogP contribution in [0, 0.1) is 5.92 Å². The van der Waals surface area contributed by atoms with Crippen LogP contribution in [-0.4, -0.2) is 18.8 Å². The first-order chi connectivity index (χ1) is 10.6. The van der Waals surface area contributed by atoms with Crippen molar-refractivity contribution >= 4 is 17.4 Å². The molecular weight excluding hydrogens is 278 g/mol. The third-order valence-corrected chi connectivity index (χ3v) is 4.38. The summed E-state index contributed by atoms with van der Waals surface area (Å²) in [7, 11) is 1.56. The molecule has 0 radical (unpaired) electrons. The Labute approximate surface area is 132 Å². The van der Waals surface area contributed by atoms with E-state index >= 15 is 0 Å². The standard InChI is InChI=1S/C18H25NO3/c1-13(20)15-9-10-17(22-2)16(12-15)19-18(21)11-8-14-6-4-3-5-7-14/h9-10,12,14H,3-8,11H2,1-2H3,(H,19,21). The number of benzene rings is 1. The van der Waals surface area contributed by atoms with Crippen LogP contribution in [0.2, 0.25) is 0 Å². The molecule has 2 rings (SSSR count). The Kier molecular flexibility index (Phi) is 5.99. The van der Waals surface area contributed by atoms with Crippen LogP contribution in [0.15, 0.2) is 18.2 Å².